The lowest BCUT2D eigenvalue weighted by Crippen LogP contribution is -2.41. The molecule has 2 unspecified atom stereocenters. The Morgan fingerprint density at radius 3 is 2.65 bits per heavy atom. The van der Waals surface area contributed by atoms with Crippen molar-refractivity contribution >= 4 is 35.6 Å². The van der Waals surface area contributed by atoms with Crippen LogP contribution in [0.3, 0.4) is 0 Å². The lowest BCUT2D eigenvalue weighted by atomic mass is 10.0. The molecule has 1 heterocycles. The fourth-order valence-corrected chi connectivity index (χ4v) is 3.18. The number of nitrogens with one attached hydrogen (secondary N) is 2. The number of likely N-dealkylation sites (tertiary alicyclic amines) is 1. The van der Waals surface area contributed by atoms with E-state index in [1.165, 1.54) is 6.42 Å². The van der Waals surface area contributed by atoms with E-state index >= 15 is 0 Å². The van der Waals surface area contributed by atoms with Crippen molar-refractivity contribution in [3.8, 4) is 0 Å². The van der Waals surface area contributed by atoms with Gasteiger partial charge in [0.1, 0.15) is 0 Å². The molecule has 5 nitrogen and oxygen atoms in total. The fourth-order valence-electron chi connectivity index (χ4n) is 3.18. The van der Waals surface area contributed by atoms with Crippen LogP contribution in [0.25, 0.3) is 0 Å². The quantitative estimate of drug-likeness (QED) is 0.343. The molecule has 0 saturated carbocycles. The molecule has 0 spiro atoms. The molecule has 148 valence electrons. The summed E-state index contributed by atoms with van der Waals surface area (Å²) < 4.78 is 5.31. The van der Waals surface area contributed by atoms with Gasteiger partial charge in [-0.15, -0.1) is 24.0 Å². The number of aliphatic imine (C=N–C) groups is 1. The van der Waals surface area contributed by atoms with Crippen molar-refractivity contribution in [3.63, 3.8) is 0 Å². The minimum Gasteiger partial charge on any atom is -0.384 e. The Morgan fingerprint density at radius 2 is 2.04 bits per heavy atom. The van der Waals surface area contributed by atoms with E-state index < -0.39 is 0 Å². The molecule has 0 aliphatic carbocycles. The molecule has 26 heavy (non-hydrogen) atoms. The first kappa shape index (κ1) is 23.0. The largest absolute Gasteiger partial charge is 0.384 e. The molecule has 0 aromatic heterocycles. The summed E-state index contributed by atoms with van der Waals surface area (Å²) >= 11 is 0. The molecular weight excluding hydrogens is 439 g/mol. The van der Waals surface area contributed by atoms with Crippen molar-refractivity contribution < 1.29 is 4.74 Å². The summed E-state index contributed by atoms with van der Waals surface area (Å²) in [5.41, 5.74) is 1.16. The molecule has 0 amide bonds. The number of methoxy groups -OCH3 is 1. The molecule has 1 aromatic rings. The highest BCUT2D eigenvalue weighted by atomic mass is 127. The van der Waals surface area contributed by atoms with E-state index in [0.717, 1.165) is 44.4 Å². The fraction of sp³-hybridized carbons (Fsp3) is 0.650. The van der Waals surface area contributed by atoms with Gasteiger partial charge >= 0.3 is 0 Å². The second-order valence-electron chi connectivity index (χ2n) is 7.11. The summed E-state index contributed by atoms with van der Waals surface area (Å²) in [6.07, 6.45) is 1.17. The molecule has 1 fully saturated rings. The minimum atomic E-state index is 0. The molecule has 2 rings (SSSR count). The Labute approximate surface area is 176 Å². The summed E-state index contributed by atoms with van der Waals surface area (Å²) in [6, 6.07) is 10.7. The van der Waals surface area contributed by atoms with Gasteiger partial charge in [0.15, 0.2) is 5.96 Å². The number of para-hydroxylation sites is 1. The summed E-state index contributed by atoms with van der Waals surface area (Å²) in [5.74, 6) is 2.14. The van der Waals surface area contributed by atoms with Crippen LogP contribution >= 0.6 is 24.0 Å². The van der Waals surface area contributed by atoms with Gasteiger partial charge in [-0.25, -0.2) is 0 Å². The maximum Gasteiger partial charge on any atom is 0.193 e. The van der Waals surface area contributed by atoms with Crippen LogP contribution in [0.1, 0.15) is 27.2 Å². The summed E-state index contributed by atoms with van der Waals surface area (Å²) in [6.45, 7) is 11.2. The van der Waals surface area contributed by atoms with Gasteiger partial charge in [-0.2, -0.15) is 0 Å². The molecule has 2 N–H and O–H groups in total. The number of nitrogens with zero attached hydrogens (tertiary/aromatic N) is 2. The van der Waals surface area contributed by atoms with Gasteiger partial charge in [0, 0.05) is 44.4 Å². The Bertz CT molecular complexity index is 524. The molecule has 0 radical (unpaired) electrons. The van der Waals surface area contributed by atoms with Crippen molar-refractivity contribution in [2.45, 2.75) is 33.2 Å². The minimum absolute atomic E-state index is 0. The number of guanidine groups is 1. The average Bonchev–Trinajstić information content (AvgIpc) is 3.07. The van der Waals surface area contributed by atoms with Crippen molar-refractivity contribution in [1.82, 2.24) is 10.2 Å². The van der Waals surface area contributed by atoms with Gasteiger partial charge in [-0.1, -0.05) is 32.0 Å². The number of rotatable bonds is 8. The maximum absolute atomic E-state index is 5.31. The van der Waals surface area contributed by atoms with E-state index in [0.29, 0.717) is 17.9 Å². The Morgan fingerprint density at radius 1 is 1.31 bits per heavy atom. The van der Waals surface area contributed by atoms with E-state index in [2.05, 4.69) is 60.6 Å². The second-order valence-corrected chi connectivity index (χ2v) is 7.11. The summed E-state index contributed by atoms with van der Waals surface area (Å²) in [5, 5.41) is 7.07. The third-order valence-electron chi connectivity index (χ3n) is 4.69. The molecule has 1 aromatic carbocycles. The number of benzene rings is 1. The lowest BCUT2D eigenvalue weighted by molar-refractivity contribution is 0.157. The van der Waals surface area contributed by atoms with Crippen LogP contribution in [0.2, 0.25) is 0 Å². The Kier molecular flexibility index (Phi) is 11.0. The predicted octanol–water partition coefficient (Wildman–Crippen LogP) is 3.67. The van der Waals surface area contributed by atoms with Crippen LogP contribution in [0.15, 0.2) is 35.3 Å². The average molecular weight is 474 g/mol. The second kappa shape index (κ2) is 12.4. The highest BCUT2D eigenvalue weighted by molar-refractivity contribution is 14.0. The SMILES string of the molecule is CCNC(=NCC(Nc1ccccc1)C(C)C)N1CCC(COC)C1.I. The summed E-state index contributed by atoms with van der Waals surface area (Å²) in [4.78, 5) is 7.30. The number of ether oxygens (including phenoxy) is 1. The molecule has 6 heteroatoms. The Hall–Kier alpha value is -1.02. The van der Waals surface area contributed by atoms with E-state index in [4.69, 9.17) is 9.73 Å². The summed E-state index contributed by atoms with van der Waals surface area (Å²) in [7, 11) is 1.78. The highest BCUT2D eigenvalue weighted by Gasteiger charge is 2.25. The van der Waals surface area contributed by atoms with Crippen LogP contribution in [0.4, 0.5) is 5.69 Å². The predicted molar refractivity (Wildman–Crippen MR) is 122 cm³/mol. The molecule has 2 atom stereocenters. The number of anilines is 1. The van der Waals surface area contributed by atoms with Crippen molar-refractivity contribution in [2.24, 2.45) is 16.8 Å². The normalized spacial score (nSPS) is 18.6. The zero-order valence-corrected chi connectivity index (χ0v) is 18.9. The number of hydrogen-bond donors (Lipinski definition) is 2. The van der Waals surface area contributed by atoms with Crippen molar-refractivity contribution in [1.29, 1.82) is 0 Å². The Balaban J connectivity index is 0.00000338. The van der Waals surface area contributed by atoms with Gasteiger partial charge < -0.3 is 20.3 Å². The zero-order valence-electron chi connectivity index (χ0n) is 16.6. The number of halogens is 1. The molecule has 0 bridgehead atoms. The third-order valence-corrected chi connectivity index (χ3v) is 4.69. The van der Waals surface area contributed by atoms with Gasteiger partial charge in [0.05, 0.1) is 13.2 Å². The van der Waals surface area contributed by atoms with Gasteiger partial charge in [-0.05, 0) is 31.4 Å². The van der Waals surface area contributed by atoms with Crippen LogP contribution in [-0.4, -0.2) is 56.8 Å². The molecule has 1 aliphatic rings. The zero-order chi connectivity index (χ0) is 18.1. The third kappa shape index (κ3) is 7.31. The van der Waals surface area contributed by atoms with E-state index in [9.17, 15) is 0 Å². The molecule has 1 saturated heterocycles. The topological polar surface area (TPSA) is 48.9 Å². The van der Waals surface area contributed by atoms with Crippen LogP contribution in [0.5, 0.6) is 0 Å². The van der Waals surface area contributed by atoms with Gasteiger partial charge in [0.25, 0.3) is 0 Å². The first-order valence-corrected chi connectivity index (χ1v) is 9.47. The van der Waals surface area contributed by atoms with E-state index in [1.807, 2.05) is 6.07 Å². The van der Waals surface area contributed by atoms with Crippen LogP contribution in [-0.2, 0) is 4.74 Å². The standard InChI is InChI=1S/C20H34N4O.HI/c1-5-21-20(24-12-11-17(14-24)15-25-4)22-13-19(16(2)3)23-18-9-7-6-8-10-18;/h6-10,16-17,19,23H,5,11-15H2,1-4H3,(H,21,22);1H. The van der Waals surface area contributed by atoms with Crippen molar-refractivity contribution in [2.75, 3.05) is 45.2 Å². The first-order chi connectivity index (χ1) is 12.1. The first-order valence-electron chi connectivity index (χ1n) is 9.47. The van der Waals surface area contributed by atoms with E-state index in [-0.39, 0.29) is 24.0 Å². The van der Waals surface area contributed by atoms with Gasteiger partial charge in [0.2, 0.25) is 0 Å². The van der Waals surface area contributed by atoms with E-state index in [1.54, 1.807) is 7.11 Å². The smallest absolute Gasteiger partial charge is 0.193 e. The maximum atomic E-state index is 5.31. The monoisotopic (exact) mass is 474 g/mol. The molecule has 1 aliphatic heterocycles. The highest BCUT2D eigenvalue weighted by Crippen LogP contribution is 2.17. The lowest BCUT2D eigenvalue weighted by Gasteiger charge is -2.25. The number of hydrogen-bond acceptors (Lipinski definition) is 3. The van der Waals surface area contributed by atoms with Crippen LogP contribution in [0, 0.1) is 11.8 Å². The van der Waals surface area contributed by atoms with Crippen LogP contribution < -0.4 is 10.6 Å². The molecular formula is C20H35IN4O. The van der Waals surface area contributed by atoms with Gasteiger partial charge in [-0.3, -0.25) is 4.99 Å². The van der Waals surface area contributed by atoms with Crippen molar-refractivity contribution in [3.05, 3.63) is 30.3 Å².